The van der Waals surface area contributed by atoms with E-state index in [0.717, 1.165) is 4.90 Å². The molecule has 116 valence electrons. The van der Waals surface area contributed by atoms with Crippen molar-refractivity contribution in [1.29, 1.82) is 5.26 Å². The molecule has 1 aliphatic heterocycles. The predicted molar refractivity (Wildman–Crippen MR) is 75.4 cm³/mol. The third-order valence-corrected chi connectivity index (χ3v) is 3.39. The predicted octanol–water partition coefficient (Wildman–Crippen LogP) is 2.43. The van der Waals surface area contributed by atoms with Gasteiger partial charge in [-0.05, 0) is 18.2 Å². The molecule has 1 aliphatic rings. The number of alkyl halides is 2. The van der Waals surface area contributed by atoms with Crippen LogP contribution in [-0.2, 0) is 9.59 Å². The first-order chi connectivity index (χ1) is 10.3. The van der Waals surface area contributed by atoms with Crippen LogP contribution in [0.3, 0.4) is 0 Å². The fourth-order valence-corrected chi connectivity index (χ4v) is 2.39. The number of carbonyl (C=O) groups excluding carboxylic acids is 2. The van der Waals surface area contributed by atoms with Gasteiger partial charge in [0.25, 0.3) is 5.92 Å². The molecule has 2 amide bonds. The van der Waals surface area contributed by atoms with E-state index in [1.54, 1.807) is 24.3 Å². The van der Waals surface area contributed by atoms with Crippen molar-refractivity contribution in [2.75, 3.05) is 11.9 Å². The van der Waals surface area contributed by atoms with E-state index < -0.39 is 43.2 Å². The van der Waals surface area contributed by atoms with Crippen LogP contribution < -0.4 is 5.32 Å². The van der Waals surface area contributed by atoms with Crippen molar-refractivity contribution in [3.05, 3.63) is 29.3 Å². The van der Waals surface area contributed by atoms with Crippen molar-refractivity contribution in [3.8, 4) is 6.07 Å². The summed E-state index contributed by atoms with van der Waals surface area (Å²) in [5.41, 5.74) is 0.397. The number of amides is 2. The number of nitrogens with one attached hydrogen (secondary N) is 1. The molecule has 1 heterocycles. The Hall–Kier alpha value is -2.20. The van der Waals surface area contributed by atoms with Gasteiger partial charge < -0.3 is 10.2 Å². The first kappa shape index (κ1) is 16.2. The van der Waals surface area contributed by atoms with Crippen LogP contribution >= 0.6 is 11.6 Å². The van der Waals surface area contributed by atoms with E-state index in [4.69, 9.17) is 16.9 Å². The van der Waals surface area contributed by atoms with Crippen LogP contribution in [-0.4, -0.2) is 35.2 Å². The molecule has 0 spiro atoms. The van der Waals surface area contributed by atoms with E-state index in [1.807, 2.05) is 0 Å². The molecular weight excluding hydrogens is 316 g/mol. The molecule has 0 aromatic heterocycles. The fourth-order valence-electron chi connectivity index (χ4n) is 2.20. The van der Waals surface area contributed by atoms with Crippen LogP contribution in [0.15, 0.2) is 24.3 Å². The van der Waals surface area contributed by atoms with Gasteiger partial charge in [-0.3, -0.25) is 9.59 Å². The average molecular weight is 328 g/mol. The highest BCUT2D eigenvalue weighted by molar-refractivity contribution is 6.30. The Balaban J connectivity index is 1.97. The van der Waals surface area contributed by atoms with Crippen LogP contribution in [0.25, 0.3) is 0 Å². The molecule has 2 rings (SSSR count). The molecule has 1 fully saturated rings. The third kappa shape index (κ3) is 3.92. The fraction of sp³-hybridized carbons (Fsp3) is 0.357. The summed E-state index contributed by atoms with van der Waals surface area (Å²) in [4.78, 5) is 24.4. The molecule has 1 N–H and O–H groups in total. The van der Waals surface area contributed by atoms with Crippen molar-refractivity contribution < 1.29 is 18.4 Å². The standard InChI is InChI=1S/C14H12ClF2N3O2/c15-9-2-1-3-10(4-9)19-12(21)5-13(22)20-8-14(16,17)6-11(20)7-18/h1-4,11H,5-6,8H2,(H,19,21). The molecule has 1 atom stereocenters. The lowest BCUT2D eigenvalue weighted by Crippen LogP contribution is -2.37. The molecule has 1 aromatic carbocycles. The quantitative estimate of drug-likeness (QED) is 0.866. The monoisotopic (exact) mass is 327 g/mol. The highest BCUT2D eigenvalue weighted by Gasteiger charge is 2.47. The van der Waals surface area contributed by atoms with E-state index in [0.29, 0.717) is 10.7 Å². The van der Waals surface area contributed by atoms with Gasteiger partial charge in [-0.2, -0.15) is 5.26 Å². The lowest BCUT2D eigenvalue weighted by Gasteiger charge is -2.18. The van der Waals surface area contributed by atoms with Crippen molar-refractivity contribution in [3.63, 3.8) is 0 Å². The maximum atomic E-state index is 13.3. The summed E-state index contributed by atoms with van der Waals surface area (Å²) in [5, 5.41) is 11.7. The second-order valence-electron chi connectivity index (χ2n) is 4.96. The Morgan fingerprint density at radius 3 is 2.86 bits per heavy atom. The number of carbonyl (C=O) groups is 2. The SMILES string of the molecule is N#CC1CC(F)(F)CN1C(=O)CC(=O)Nc1cccc(Cl)c1. The van der Waals surface area contributed by atoms with Gasteiger partial charge in [-0.1, -0.05) is 17.7 Å². The summed E-state index contributed by atoms with van der Waals surface area (Å²) < 4.78 is 26.5. The molecule has 8 heteroatoms. The van der Waals surface area contributed by atoms with E-state index in [2.05, 4.69) is 5.32 Å². The number of hydrogen-bond donors (Lipinski definition) is 1. The van der Waals surface area contributed by atoms with Crippen LogP contribution in [0.5, 0.6) is 0 Å². The zero-order valence-electron chi connectivity index (χ0n) is 11.4. The lowest BCUT2D eigenvalue weighted by molar-refractivity contribution is -0.135. The van der Waals surface area contributed by atoms with Gasteiger partial charge in [0.15, 0.2) is 0 Å². The number of hydrogen-bond acceptors (Lipinski definition) is 3. The van der Waals surface area contributed by atoms with Gasteiger partial charge in [-0.25, -0.2) is 8.78 Å². The average Bonchev–Trinajstić information content (AvgIpc) is 2.74. The minimum atomic E-state index is -3.10. The maximum Gasteiger partial charge on any atom is 0.268 e. The number of anilines is 1. The summed E-state index contributed by atoms with van der Waals surface area (Å²) in [6.07, 6.45) is -1.31. The van der Waals surface area contributed by atoms with E-state index >= 15 is 0 Å². The molecule has 0 saturated carbocycles. The Bertz CT molecular complexity index is 645. The normalized spacial score (nSPS) is 19.5. The summed E-state index contributed by atoms with van der Waals surface area (Å²) >= 11 is 5.76. The molecule has 1 aromatic rings. The van der Waals surface area contributed by atoms with Gasteiger partial charge in [0.1, 0.15) is 12.5 Å². The largest absolute Gasteiger partial charge is 0.326 e. The van der Waals surface area contributed by atoms with Gasteiger partial charge in [0.05, 0.1) is 12.6 Å². The Morgan fingerprint density at radius 1 is 1.50 bits per heavy atom. The van der Waals surface area contributed by atoms with Gasteiger partial charge in [0.2, 0.25) is 11.8 Å². The topological polar surface area (TPSA) is 73.2 Å². The molecule has 1 unspecified atom stereocenters. The molecule has 5 nitrogen and oxygen atoms in total. The molecule has 1 saturated heterocycles. The van der Waals surface area contributed by atoms with Gasteiger partial charge >= 0.3 is 0 Å². The summed E-state index contributed by atoms with van der Waals surface area (Å²) in [6, 6.07) is 6.76. The Kier molecular flexibility index (Phi) is 4.62. The van der Waals surface area contributed by atoms with Gasteiger partial charge in [-0.15, -0.1) is 0 Å². The van der Waals surface area contributed by atoms with Crippen LogP contribution in [0.1, 0.15) is 12.8 Å². The second-order valence-corrected chi connectivity index (χ2v) is 5.40. The van der Waals surface area contributed by atoms with Gasteiger partial charge in [0, 0.05) is 17.1 Å². The summed E-state index contributed by atoms with van der Waals surface area (Å²) in [6.45, 7) is -0.839. The molecule has 0 bridgehead atoms. The number of nitrogens with zero attached hydrogens (tertiary/aromatic N) is 2. The number of nitriles is 1. The second kappa shape index (κ2) is 6.28. The van der Waals surface area contributed by atoms with Crippen molar-refractivity contribution in [1.82, 2.24) is 4.90 Å². The molecule has 22 heavy (non-hydrogen) atoms. The summed E-state index contributed by atoms with van der Waals surface area (Å²) in [5.74, 6) is -4.55. The Morgan fingerprint density at radius 2 is 2.23 bits per heavy atom. The highest BCUT2D eigenvalue weighted by Crippen LogP contribution is 2.32. The Labute approximate surface area is 130 Å². The van der Waals surface area contributed by atoms with Crippen LogP contribution in [0.4, 0.5) is 14.5 Å². The first-order valence-electron chi connectivity index (χ1n) is 6.43. The van der Waals surface area contributed by atoms with E-state index in [-0.39, 0.29) is 0 Å². The highest BCUT2D eigenvalue weighted by atomic mass is 35.5. The van der Waals surface area contributed by atoms with E-state index in [9.17, 15) is 18.4 Å². The third-order valence-electron chi connectivity index (χ3n) is 3.16. The first-order valence-corrected chi connectivity index (χ1v) is 6.81. The van der Waals surface area contributed by atoms with Crippen molar-refractivity contribution in [2.45, 2.75) is 24.8 Å². The van der Waals surface area contributed by atoms with Crippen LogP contribution in [0.2, 0.25) is 5.02 Å². The summed E-state index contributed by atoms with van der Waals surface area (Å²) in [7, 11) is 0. The number of halogens is 3. The maximum absolute atomic E-state index is 13.3. The number of rotatable bonds is 3. The van der Waals surface area contributed by atoms with Crippen molar-refractivity contribution >= 4 is 29.1 Å². The molecule has 0 aliphatic carbocycles. The smallest absolute Gasteiger partial charge is 0.268 e. The minimum absolute atomic E-state index is 0.397. The lowest BCUT2D eigenvalue weighted by atomic mass is 10.2. The zero-order valence-corrected chi connectivity index (χ0v) is 12.1. The molecule has 0 radical (unpaired) electrons. The molecular formula is C14H12ClF2N3O2. The number of likely N-dealkylation sites (tertiary alicyclic amines) is 1. The van der Waals surface area contributed by atoms with E-state index in [1.165, 1.54) is 6.07 Å². The van der Waals surface area contributed by atoms with Crippen molar-refractivity contribution in [2.24, 2.45) is 0 Å². The zero-order chi connectivity index (χ0) is 16.3. The van der Waals surface area contributed by atoms with Crippen LogP contribution in [0, 0.1) is 11.3 Å². The number of benzene rings is 1. The minimum Gasteiger partial charge on any atom is -0.326 e.